The largest absolute Gasteiger partial charge is 0.504 e. The fourth-order valence-electron chi connectivity index (χ4n) is 5.14. The van der Waals surface area contributed by atoms with Crippen LogP contribution in [0.1, 0.15) is 34.7 Å². The highest BCUT2D eigenvalue weighted by molar-refractivity contribution is 9.10. The van der Waals surface area contributed by atoms with E-state index >= 15 is 0 Å². The third kappa shape index (κ3) is 4.01. The van der Waals surface area contributed by atoms with Crippen molar-refractivity contribution in [3.63, 3.8) is 0 Å². The Morgan fingerprint density at radius 1 is 1.08 bits per heavy atom. The number of phenols is 1. The normalized spacial score (nSPS) is 16.5. The smallest absolute Gasteiger partial charge is 0.271 e. The zero-order valence-corrected chi connectivity index (χ0v) is 22.6. The summed E-state index contributed by atoms with van der Waals surface area (Å²) in [4.78, 5) is 19.6. The molecule has 4 aromatic rings. The molecule has 1 unspecified atom stereocenters. The number of aryl methyl sites for hydroxylation is 1. The number of nitrogens with zero attached hydrogens (tertiary/aromatic N) is 2. The molecule has 2 heterocycles. The van der Waals surface area contributed by atoms with Gasteiger partial charge in [-0.05, 0) is 59.9 Å². The molecule has 0 saturated heterocycles. The van der Waals surface area contributed by atoms with Gasteiger partial charge in [0.05, 0.1) is 30.5 Å². The van der Waals surface area contributed by atoms with Gasteiger partial charge in [-0.25, -0.2) is 4.99 Å². The first-order valence-corrected chi connectivity index (χ1v) is 13.4. The Bertz CT molecular complexity index is 1770. The fourth-order valence-corrected chi connectivity index (χ4v) is 6.58. The number of aromatic hydroxyl groups is 1. The lowest BCUT2D eigenvalue weighted by Crippen LogP contribution is -2.38. The van der Waals surface area contributed by atoms with E-state index in [0.717, 1.165) is 45.5 Å². The van der Waals surface area contributed by atoms with Crippen LogP contribution in [0.5, 0.6) is 17.2 Å². The number of hydrogen-bond donors (Lipinski definition) is 1. The SMILES string of the molecule is COc1cccc(C2C3=C(N=c4sc(=Cc5cc(Br)cc(OC)c5O)c(=O)n42)c2ccccc2CC3)c1. The molecule has 186 valence electrons. The number of phenolic OH excluding ortho intramolecular Hbond substituents is 1. The van der Waals surface area contributed by atoms with Gasteiger partial charge in [0.25, 0.3) is 5.56 Å². The quantitative estimate of drug-likeness (QED) is 0.380. The molecule has 37 heavy (non-hydrogen) atoms. The Morgan fingerprint density at radius 2 is 1.92 bits per heavy atom. The molecule has 8 heteroatoms. The molecular weight excluding hydrogens is 552 g/mol. The first-order chi connectivity index (χ1) is 18.0. The summed E-state index contributed by atoms with van der Waals surface area (Å²) in [6.07, 6.45) is 3.40. The number of allylic oxidation sites excluding steroid dienone is 1. The van der Waals surface area contributed by atoms with Crippen molar-refractivity contribution in [2.45, 2.75) is 18.9 Å². The molecule has 0 radical (unpaired) electrons. The fraction of sp³-hybridized carbons (Fsp3) is 0.172. The van der Waals surface area contributed by atoms with Crippen molar-refractivity contribution < 1.29 is 14.6 Å². The molecule has 0 saturated carbocycles. The van der Waals surface area contributed by atoms with Crippen LogP contribution < -0.4 is 24.4 Å². The molecule has 1 N–H and O–H groups in total. The molecule has 6 rings (SSSR count). The molecule has 0 amide bonds. The van der Waals surface area contributed by atoms with Gasteiger partial charge in [0.15, 0.2) is 16.3 Å². The number of halogens is 1. The highest BCUT2D eigenvalue weighted by atomic mass is 79.9. The maximum absolute atomic E-state index is 13.9. The van der Waals surface area contributed by atoms with E-state index in [1.54, 1.807) is 29.9 Å². The lowest BCUT2D eigenvalue weighted by molar-refractivity contribution is 0.372. The number of rotatable bonds is 4. The van der Waals surface area contributed by atoms with E-state index in [0.29, 0.717) is 20.6 Å². The molecule has 3 aromatic carbocycles. The van der Waals surface area contributed by atoms with Gasteiger partial charge in [-0.15, -0.1) is 0 Å². The van der Waals surface area contributed by atoms with E-state index in [2.05, 4.69) is 34.1 Å². The average Bonchev–Trinajstić information content (AvgIpc) is 3.23. The zero-order valence-electron chi connectivity index (χ0n) is 20.2. The van der Waals surface area contributed by atoms with Gasteiger partial charge in [-0.1, -0.05) is 63.7 Å². The van der Waals surface area contributed by atoms with Crippen LogP contribution in [0.4, 0.5) is 0 Å². The van der Waals surface area contributed by atoms with Crippen molar-refractivity contribution in [3.8, 4) is 17.2 Å². The number of benzene rings is 3. The van der Waals surface area contributed by atoms with Gasteiger partial charge in [-0.3, -0.25) is 9.36 Å². The van der Waals surface area contributed by atoms with Crippen LogP contribution >= 0.6 is 27.3 Å². The average molecular weight is 575 g/mol. The van der Waals surface area contributed by atoms with E-state index in [9.17, 15) is 9.90 Å². The minimum Gasteiger partial charge on any atom is -0.504 e. The number of methoxy groups -OCH3 is 2. The minimum atomic E-state index is -0.303. The van der Waals surface area contributed by atoms with E-state index in [-0.39, 0.29) is 17.4 Å². The third-order valence-electron chi connectivity index (χ3n) is 6.86. The molecule has 0 spiro atoms. The molecular formula is C29H23BrN2O4S. The van der Waals surface area contributed by atoms with E-state index in [4.69, 9.17) is 14.5 Å². The maximum Gasteiger partial charge on any atom is 0.271 e. The number of thiazole rings is 1. The molecule has 1 aliphatic carbocycles. The lowest BCUT2D eigenvalue weighted by Gasteiger charge is -2.31. The molecule has 0 fully saturated rings. The first kappa shape index (κ1) is 23.8. The molecule has 0 bridgehead atoms. The van der Waals surface area contributed by atoms with Crippen LogP contribution in [0.3, 0.4) is 0 Å². The van der Waals surface area contributed by atoms with E-state index < -0.39 is 0 Å². The second-order valence-electron chi connectivity index (χ2n) is 8.94. The van der Waals surface area contributed by atoms with Gasteiger partial charge in [0.2, 0.25) is 0 Å². The Balaban J connectivity index is 1.63. The van der Waals surface area contributed by atoms with Crippen molar-refractivity contribution in [1.29, 1.82) is 0 Å². The van der Waals surface area contributed by atoms with Crippen molar-refractivity contribution in [1.82, 2.24) is 4.57 Å². The van der Waals surface area contributed by atoms with Gasteiger partial charge in [0, 0.05) is 15.6 Å². The predicted octanol–water partition coefficient (Wildman–Crippen LogP) is 4.80. The van der Waals surface area contributed by atoms with Crippen molar-refractivity contribution in [2.75, 3.05) is 14.2 Å². The monoisotopic (exact) mass is 574 g/mol. The number of aromatic nitrogens is 1. The van der Waals surface area contributed by atoms with E-state index in [1.807, 2.05) is 30.3 Å². The summed E-state index contributed by atoms with van der Waals surface area (Å²) >= 11 is 4.78. The van der Waals surface area contributed by atoms with E-state index in [1.165, 1.54) is 24.0 Å². The van der Waals surface area contributed by atoms with Crippen molar-refractivity contribution in [2.24, 2.45) is 4.99 Å². The van der Waals surface area contributed by atoms with Crippen LogP contribution in [0, 0.1) is 0 Å². The van der Waals surface area contributed by atoms with Gasteiger partial charge < -0.3 is 14.6 Å². The number of ether oxygens (including phenoxy) is 2. The molecule has 1 aromatic heterocycles. The highest BCUT2D eigenvalue weighted by Gasteiger charge is 2.32. The summed E-state index contributed by atoms with van der Waals surface area (Å²) in [5.74, 6) is 1.05. The summed E-state index contributed by atoms with van der Waals surface area (Å²) in [5, 5.41) is 10.7. The Hall–Kier alpha value is -3.62. The Morgan fingerprint density at radius 3 is 2.73 bits per heavy atom. The second kappa shape index (κ2) is 9.36. The second-order valence-corrected chi connectivity index (χ2v) is 10.9. The molecule has 1 aliphatic heterocycles. The van der Waals surface area contributed by atoms with Crippen LogP contribution in [-0.4, -0.2) is 23.9 Å². The van der Waals surface area contributed by atoms with Gasteiger partial charge in [-0.2, -0.15) is 0 Å². The van der Waals surface area contributed by atoms with Crippen LogP contribution in [0.25, 0.3) is 11.8 Å². The van der Waals surface area contributed by atoms with Gasteiger partial charge in [0.1, 0.15) is 5.75 Å². The summed E-state index contributed by atoms with van der Waals surface area (Å²) < 4.78 is 13.8. The van der Waals surface area contributed by atoms with Crippen LogP contribution in [0.15, 0.2) is 80.5 Å². The Kier molecular flexibility index (Phi) is 6.01. The standard InChI is InChI=1S/C29H23BrN2O4S/c1-35-20-8-5-7-17(13-20)26-22-11-10-16-6-3-4-9-21(16)25(22)31-29-32(26)28(34)24(37-29)14-18-12-19(30)15-23(36-2)27(18)33/h3-9,12-15,26,33H,10-11H2,1-2H3. The Labute approximate surface area is 225 Å². The number of fused-ring (bicyclic) bond motifs is 3. The molecule has 1 atom stereocenters. The molecule has 6 nitrogen and oxygen atoms in total. The van der Waals surface area contributed by atoms with Gasteiger partial charge >= 0.3 is 0 Å². The number of hydrogen-bond acceptors (Lipinski definition) is 6. The summed E-state index contributed by atoms with van der Waals surface area (Å²) in [6.45, 7) is 0. The van der Waals surface area contributed by atoms with Crippen molar-refractivity contribution >= 4 is 39.0 Å². The maximum atomic E-state index is 13.9. The predicted molar refractivity (Wildman–Crippen MR) is 148 cm³/mol. The third-order valence-corrected chi connectivity index (χ3v) is 8.30. The van der Waals surface area contributed by atoms with Crippen LogP contribution in [-0.2, 0) is 6.42 Å². The summed E-state index contributed by atoms with van der Waals surface area (Å²) in [6, 6.07) is 19.4. The highest BCUT2D eigenvalue weighted by Crippen LogP contribution is 2.41. The van der Waals surface area contributed by atoms with Crippen molar-refractivity contribution in [3.05, 3.63) is 113 Å². The minimum absolute atomic E-state index is 0.0193. The summed E-state index contributed by atoms with van der Waals surface area (Å²) in [7, 11) is 3.14. The topological polar surface area (TPSA) is 73.1 Å². The zero-order chi connectivity index (χ0) is 25.7. The van der Waals surface area contributed by atoms with Crippen LogP contribution in [0.2, 0.25) is 0 Å². The molecule has 2 aliphatic rings. The lowest BCUT2D eigenvalue weighted by atomic mass is 9.83. The first-order valence-electron chi connectivity index (χ1n) is 11.8. The summed E-state index contributed by atoms with van der Waals surface area (Å²) in [5.41, 5.74) is 5.75.